The highest BCUT2D eigenvalue weighted by Crippen LogP contribution is 2.40. The summed E-state index contributed by atoms with van der Waals surface area (Å²) in [4.78, 5) is 17.1. The molecule has 1 aromatic carbocycles. The van der Waals surface area contributed by atoms with Gasteiger partial charge in [-0.3, -0.25) is 4.79 Å². The molecule has 1 N–H and O–H groups in total. The number of carbonyl (C=O) groups is 1. The van der Waals surface area contributed by atoms with Crippen molar-refractivity contribution < 1.29 is 9.21 Å². The average molecular weight is 309 g/mol. The van der Waals surface area contributed by atoms with Crippen molar-refractivity contribution in [2.75, 3.05) is 5.32 Å². The largest absolute Gasteiger partial charge is 0.440 e. The lowest BCUT2D eigenvalue weighted by Crippen LogP contribution is -2.11. The van der Waals surface area contributed by atoms with Gasteiger partial charge in [0.15, 0.2) is 11.5 Å². The zero-order valence-electron chi connectivity index (χ0n) is 11.5. The number of thiophene rings is 1. The summed E-state index contributed by atoms with van der Waals surface area (Å²) in [5.41, 5.74) is 2.49. The molecule has 1 fully saturated rings. The normalized spacial score (nSPS) is 14.0. The van der Waals surface area contributed by atoms with Crippen molar-refractivity contribution in [3.63, 3.8) is 0 Å². The van der Waals surface area contributed by atoms with E-state index in [1.807, 2.05) is 12.1 Å². The van der Waals surface area contributed by atoms with Crippen molar-refractivity contribution in [3.8, 4) is 6.07 Å². The van der Waals surface area contributed by atoms with Gasteiger partial charge in [-0.1, -0.05) is 0 Å². The van der Waals surface area contributed by atoms with Crippen LogP contribution >= 0.6 is 11.3 Å². The molecule has 0 aliphatic heterocycles. The summed E-state index contributed by atoms with van der Waals surface area (Å²) in [6.07, 6.45) is 2.26. The van der Waals surface area contributed by atoms with Crippen molar-refractivity contribution in [3.05, 3.63) is 46.0 Å². The fourth-order valence-electron chi connectivity index (χ4n) is 2.29. The Labute approximate surface area is 130 Å². The Balaban J connectivity index is 1.61. The van der Waals surface area contributed by atoms with Gasteiger partial charge in [-0.2, -0.15) is 5.26 Å². The Hall–Kier alpha value is -2.65. The first kappa shape index (κ1) is 13.0. The molecule has 1 amide bonds. The van der Waals surface area contributed by atoms with Gasteiger partial charge in [-0.15, -0.1) is 11.3 Å². The number of carbonyl (C=O) groups excluding carboxylic acids is 1. The van der Waals surface area contributed by atoms with E-state index in [9.17, 15) is 4.79 Å². The number of aromatic nitrogens is 1. The highest BCUT2D eigenvalue weighted by molar-refractivity contribution is 7.12. The van der Waals surface area contributed by atoms with Gasteiger partial charge >= 0.3 is 0 Å². The Morgan fingerprint density at radius 3 is 3.05 bits per heavy atom. The smallest absolute Gasteiger partial charge is 0.267 e. The monoisotopic (exact) mass is 309 g/mol. The van der Waals surface area contributed by atoms with E-state index in [4.69, 9.17) is 9.68 Å². The van der Waals surface area contributed by atoms with Gasteiger partial charge in [0.05, 0.1) is 5.56 Å². The van der Waals surface area contributed by atoms with Crippen molar-refractivity contribution in [2.24, 2.45) is 0 Å². The van der Waals surface area contributed by atoms with Crippen LogP contribution in [0.15, 0.2) is 34.1 Å². The summed E-state index contributed by atoms with van der Waals surface area (Å²) < 4.78 is 5.74. The highest BCUT2D eigenvalue weighted by atomic mass is 32.1. The van der Waals surface area contributed by atoms with Gasteiger partial charge < -0.3 is 9.73 Å². The van der Waals surface area contributed by atoms with Gasteiger partial charge in [0.25, 0.3) is 5.91 Å². The van der Waals surface area contributed by atoms with Crippen LogP contribution in [0.4, 0.5) is 5.69 Å². The van der Waals surface area contributed by atoms with E-state index in [-0.39, 0.29) is 5.91 Å². The summed E-state index contributed by atoms with van der Waals surface area (Å²) >= 11 is 1.25. The van der Waals surface area contributed by atoms with Crippen LogP contribution in [0.1, 0.15) is 39.9 Å². The van der Waals surface area contributed by atoms with E-state index < -0.39 is 0 Å². The lowest BCUT2D eigenvalue weighted by Gasteiger charge is -2.03. The van der Waals surface area contributed by atoms with Gasteiger partial charge in [-0.25, -0.2) is 4.98 Å². The number of nitriles is 1. The van der Waals surface area contributed by atoms with Crippen LogP contribution in [-0.2, 0) is 0 Å². The Morgan fingerprint density at radius 2 is 2.27 bits per heavy atom. The number of oxazole rings is 1. The minimum Gasteiger partial charge on any atom is -0.440 e. The maximum atomic E-state index is 12.2. The molecule has 0 atom stereocenters. The van der Waals surface area contributed by atoms with Gasteiger partial charge in [0.2, 0.25) is 0 Å². The molecular formula is C16H11N3O2S. The first-order chi connectivity index (χ1) is 10.7. The topological polar surface area (TPSA) is 78.9 Å². The lowest BCUT2D eigenvalue weighted by molar-refractivity contribution is 0.103. The zero-order chi connectivity index (χ0) is 15.1. The molecule has 5 nitrogen and oxygen atoms in total. The molecule has 3 aromatic rings. The number of anilines is 1. The first-order valence-corrected chi connectivity index (χ1v) is 7.82. The molecule has 0 spiro atoms. The summed E-state index contributed by atoms with van der Waals surface area (Å²) in [6.45, 7) is 0. The van der Waals surface area contributed by atoms with Crippen molar-refractivity contribution in [1.29, 1.82) is 5.26 Å². The molecular weight excluding hydrogens is 298 g/mol. The second-order valence-electron chi connectivity index (χ2n) is 5.24. The van der Waals surface area contributed by atoms with E-state index in [0.717, 1.165) is 24.2 Å². The summed E-state index contributed by atoms with van der Waals surface area (Å²) in [5, 5.41) is 13.5. The predicted octanol–water partition coefficient (Wildman–Crippen LogP) is 3.89. The minimum absolute atomic E-state index is 0.284. The zero-order valence-corrected chi connectivity index (χ0v) is 12.3. The molecule has 108 valence electrons. The second-order valence-corrected chi connectivity index (χ2v) is 6.15. The number of amides is 1. The molecule has 4 rings (SSSR count). The van der Waals surface area contributed by atoms with E-state index in [0.29, 0.717) is 27.6 Å². The van der Waals surface area contributed by atoms with Crippen molar-refractivity contribution >= 4 is 34.0 Å². The average Bonchev–Trinajstić information content (AvgIpc) is 3.11. The molecule has 22 heavy (non-hydrogen) atoms. The van der Waals surface area contributed by atoms with E-state index in [2.05, 4.69) is 10.3 Å². The quantitative estimate of drug-likeness (QED) is 0.796. The molecule has 0 saturated heterocycles. The number of nitrogens with one attached hydrogen (secondary N) is 1. The summed E-state index contributed by atoms with van der Waals surface area (Å²) in [5.74, 6) is 0.950. The molecule has 6 heteroatoms. The van der Waals surface area contributed by atoms with Crippen LogP contribution < -0.4 is 5.32 Å². The molecule has 0 bridgehead atoms. The molecule has 0 unspecified atom stereocenters. The van der Waals surface area contributed by atoms with Crippen molar-refractivity contribution in [2.45, 2.75) is 18.8 Å². The Kier molecular flexibility index (Phi) is 2.94. The minimum atomic E-state index is -0.284. The lowest BCUT2D eigenvalue weighted by atomic mass is 10.2. The predicted molar refractivity (Wildman–Crippen MR) is 83.0 cm³/mol. The standard InChI is InChI=1S/C16H11N3O2S/c17-8-10-5-6-22-14(10)15(20)18-11-3-4-12-13(7-11)21-16(19-12)9-1-2-9/h3-7,9H,1-2H2,(H,18,20). The molecule has 0 radical (unpaired) electrons. The highest BCUT2D eigenvalue weighted by Gasteiger charge is 2.28. The van der Waals surface area contributed by atoms with Crippen LogP contribution in [0.25, 0.3) is 11.1 Å². The first-order valence-electron chi connectivity index (χ1n) is 6.94. The molecule has 1 saturated carbocycles. The summed E-state index contributed by atoms with van der Waals surface area (Å²) in [6, 6.07) is 9.05. The number of rotatable bonds is 3. The van der Waals surface area contributed by atoms with Crippen molar-refractivity contribution in [1.82, 2.24) is 4.98 Å². The fraction of sp³-hybridized carbons (Fsp3) is 0.188. The second kappa shape index (κ2) is 4.97. The third-order valence-corrected chi connectivity index (χ3v) is 4.49. The number of hydrogen-bond acceptors (Lipinski definition) is 5. The maximum Gasteiger partial charge on any atom is 0.267 e. The third kappa shape index (κ3) is 2.26. The number of hydrogen-bond donors (Lipinski definition) is 1. The number of nitrogens with zero attached hydrogens (tertiary/aromatic N) is 2. The summed E-state index contributed by atoms with van der Waals surface area (Å²) in [7, 11) is 0. The molecule has 1 aliphatic rings. The maximum absolute atomic E-state index is 12.2. The van der Waals surface area contributed by atoms with Crippen LogP contribution in [-0.4, -0.2) is 10.9 Å². The van der Waals surface area contributed by atoms with Crippen LogP contribution in [0, 0.1) is 11.3 Å². The van der Waals surface area contributed by atoms with Gasteiger partial charge in [0.1, 0.15) is 16.5 Å². The Bertz CT molecular complexity index is 915. The molecule has 1 aliphatic carbocycles. The SMILES string of the molecule is N#Cc1ccsc1C(=O)Nc1ccc2nc(C3CC3)oc2c1. The molecule has 2 aromatic heterocycles. The van der Waals surface area contributed by atoms with Crippen LogP contribution in [0.3, 0.4) is 0 Å². The third-order valence-electron chi connectivity index (χ3n) is 3.58. The van der Waals surface area contributed by atoms with E-state index in [1.165, 1.54) is 11.3 Å². The number of benzene rings is 1. The van der Waals surface area contributed by atoms with E-state index in [1.54, 1.807) is 23.6 Å². The Morgan fingerprint density at radius 1 is 1.41 bits per heavy atom. The molecule has 2 heterocycles. The van der Waals surface area contributed by atoms with Gasteiger partial charge in [-0.05, 0) is 36.4 Å². The fourth-order valence-corrected chi connectivity index (χ4v) is 3.03. The van der Waals surface area contributed by atoms with Crippen LogP contribution in [0.2, 0.25) is 0 Å². The van der Waals surface area contributed by atoms with Crippen LogP contribution in [0.5, 0.6) is 0 Å². The van der Waals surface area contributed by atoms with Gasteiger partial charge in [0, 0.05) is 17.7 Å². The van der Waals surface area contributed by atoms with E-state index >= 15 is 0 Å². The number of fused-ring (bicyclic) bond motifs is 1.